The molecule has 0 saturated carbocycles. The molecule has 2 heterocycles. The summed E-state index contributed by atoms with van der Waals surface area (Å²) < 4.78 is 11.3. The van der Waals surface area contributed by atoms with E-state index >= 15 is 0 Å². The first-order valence-corrected chi connectivity index (χ1v) is 10.6. The Balaban J connectivity index is 1.66. The van der Waals surface area contributed by atoms with Gasteiger partial charge in [-0.25, -0.2) is 9.98 Å². The molecule has 0 saturated heterocycles. The molecule has 0 fully saturated rings. The number of thiophene rings is 1. The van der Waals surface area contributed by atoms with Crippen LogP contribution in [0.2, 0.25) is 0 Å². The van der Waals surface area contributed by atoms with Gasteiger partial charge in [0.05, 0.1) is 11.8 Å². The predicted molar refractivity (Wildman–Crippen MR) is 119 cm³/mol. The van der Waals surface area contributed by atoms with E-state index in [4.69, 9.17) is 9.15 Å². The van der Waals surface area contributed by atoms with Gasteiger partial charge in [0.2, 0.25) is 5.89 Å². The second-order valence-electron chi connectivity index (χ2n) is 6.99. The maximum atomic E-state index is 5.71. The lowest BCUT2D eigenvalue weighted by Crippen LogP contribution is -2.32. The summed E-state index contributed by atoms with van der Waals surface area (Å²) in [7, 11) is 0. The van der Waals surface area contributed by atoms with Gasteiger partial charge in [-0.2, -0.15) is 0 Å². The van der Waals surface area contributed by atoms with Gasteiger partial charge in [0.15, 0.2) is 5.96 Å². The molecule has 3 rings (SSSR count). The number of aliphatic imine (C=N–C) groups is 1. The van der Waals surface area contributed by atoms with Gasteiger partial charge in [0, 0.05) is 17.1 Å². The standard InChI is InChI=1S/C22H28N4O2S/c1-15(2)27-19-9-7-18(8-10-19)26-22(23-12-11-20-6-5-13-29-20)24-14-21-25-16(3)17(4)28-21/h5-10,13,15H,11-12,14H2,1-4H3,(H2,23,24,26). The van der Waals surface area contributed by atoms with E-state index in [1.807, 2.05) is 52.0 Å². The molecule has 2 N–H and O–H groups in total. The van der Waals surface area contributed by atoms with E-state index in [1.165, 1.54) is 4.88 Å². The first-order chi connectivity index (χ1) is 14.0. The monoisotopic (exact) mass is 412 g/mol. The number of aromatic nitrogens is 1. The van der Waals surface area contributed by atoms with E-state index in [9.17, 15) is 0 Å². The van der Waals surface area contributed by atoms with Crippen molar-refractivity contribution in [2.24, 2.45) is 4.99 Å². The minimum atomic E-state index is 0.151. The number of oxazole rings is 1. The lowest BCUT2D eigenvalue weighted by atomic mass is 10.3. The van der Waals surface area contributed by atoms with E-state index < -0.39 is 0 Å². The van der Waals surface area contributed by atoms with Crippen LogP contribution in [0.15, 0.2) is 51.2 Å². The fourth-order valence-corrected chi connectivity index (χ4v) is 3.39. The lowest BCUT2D eigenvalue weighted by molar-refractivity contribution is 0.242. The second-order valence-corrected chi connectivity index (χ2v) is 8.02. The maximum absolute atomic E-state index is 5.71. The Labute approximate surface area is 176 Å². The Bertz CT molecular complexity index is 895. The van der Waals surface area contributed by atoms with Gasteiger partial charge in [0.25, 0.3) is 0 Å². The first kappa shape index (κ1) is 20.9. The van der Waals surface area contributed by atoms with Gasteiger partial charge in [-0.3, -0.25) is 0 Å². The summed E-state index contributed by atoms with van der Waals surface area (Å²) in [6, 6.07) is 12.1. The zero-order valence-electron chi connectivity index (χ0n) is 17.4. The molecule has 0 aliphatic rings. The van der Waals surface area contributed by atoms with Crippen LogP contribution in [0.5, 0.6) is 5.75 Å². The molecule has 1 aromatic carbocycles. The number of nitrogens with one attached hydrogen (secondary N) is 2. The number of aryl methyl sites for hydroxylation is 2. The molecular weight excluding hydrogens is 384 g/mol. The summed E-state index contributed by atoms with van der Waals surface area (Å²) in [6.07, 6.45) is 1.09. The van der Waals surface area contributed by atoms with Crippen molar-refractivity contribution in [1.29, 1.82) is 0 Å². The van der Waals surface area contributed by atoms with Crippen molar-refractivity contribution < 1.29 is 9.15 Å². The highest BCUT2D eigenvalue weighted by Gasteiger charge is 2.07. The summed E-state index contributed by atoms with van der Waals surface area (Å²) in [6.45, 7) is 9.03. The van der Waals surface area contributed by atoms with E-state index in [1.54, 1.807) is 11.3 Å². The largest absolute Gasteiger partial charge is 0.491 e. The smallest absolute Gasteiger partial charge is 0.216 e. The van der Waals surface area contributed by atoms with Crippen LogP contribution in [0.3, 0.4) is 0 Å². The van der Waals surface area contributed by atoms with Crippen molar-refractivity contribution in [1.82, 2.24) is 10.3 Å². The summed E-state index contributed by atoms with van der Waals surface area (Å²) >= 11 is 1.76. The zero-order chi connectivity index (χ0) is 20.6. The molecular formula is C22H28N4O2S. The normalized spacial score (nSPS) is 11.7. The Kier molecular flexibility index (Phi) is 7.30. The van der Waals surface area contributed by atoms with E-state index in [-0.39, 0.29) is 6.10 Å². The van der Waals surface area contributed by atoms with Crippen molar-refractivity contribution in [3.63, 3.8) is 0 Å². The molecule has 0 aliphatic heterocycles. The van der Waals surface area contributed by atoms with Gasteiger partial charge < -0.3 is 19.8 Å². The molecule has 7 heteroatoms. The molecule has 6 nitrogen and oxygen atoms in total. The van der Waals surface area contributed by atoms with Gasteiger partial charge >= 0.3 is 0 Å². The molecule has 0 bridgehead atoms. The number of hydrogen-bond acceptors (Lipinski definition) is 5. The van der Waals surface area contributed by atoms with Crippen LogP contribution in [-0.4, -0.2) is 23.6 Å². The summed E-state index contributed by atoms with van der Waals surface area (Å²) in [5.41, 5.74) is 1.83. The molecule has 0 unspecified atom stereocenters. The van der Waals surface area contributed by atoms with Crippen LogP contribution in [0.1, 0.15) is 36.1 Å². The highest BCUT2D eigenvalue weighted by atomic mass is 32.1. The Morgan fingerprint density at radius 2 is 2.00 bits per heavy atom. The van der Waals surface area contributed by atoms with Crippen LogP contribution >= 0.6 is 11.3 Å². The molecule has 3 aromatic rings. The minimum Gasteiger partial charge on any atom is -0.491 e. The zero-order valence-corrected chi connectivity index (χ0v) is 18.2. The van der Waals surface area contributed by atoms with Gasteiger partial charge in [-0.05, 0) is 69.8 Å². The van der Waals surface area contributed by atoms with Crippen LogP contribution in [-0.2, 0) is 13.0 Å². The van der Waals surface area contributed by atoms with Crippen molar-refractivity contribution in [2.75, 3.05) is 11.9 Å². The summed E-state index contributed by atoms with van der Waals surface area (Å²) in [4.78, 5) is 10.4. The van der Waals surface area contributed by atoms with Crippen molar-refractivity contribution >= 4 is 23.0 Å². The third-order valence-electron chi connectivity index (χ3n) is 4.18. The number of benzene rings is 1. The van der Waals surface area contributed by atoms with Crippen LogP contribution in [0.25, 0.3) is 0 Å². The fourth-order valence-electron chi connectivity index (χ4n) is 2.68. The third-order valence-corrected chi connectivity index (χ3v) is 5.11. The van der Waals surface area contributed by atoms with Crippen molar-refractivity contribution in [3.8, 4) is 5.75 Å². The highest BCUT2D eigenvalue weighted by molar-refractivity contribution is 7.09. The predicted octanol–water partition coefficient (Wildman–Crippen LogP) is 4.94. The Morgan fingerprint density at radius 3 is 2.62 bits per heavy atom. The molecule has 0 aliphatic carbocycles. The maximum Gasteiger partial charge on any atom is 0.216 e. The topological polar surface area (TPSA) is 71.7 Å². The number of ether oxygens (including phenoxy) is 1. The molecule has 0 spiro atoms. The lowest BCUT2D eigenvalue weighted by Gasteiger charge is -2.14. The average Bonchev–Trinajstić information content (AvgIpc) is 3.30. The molecule has 2 aromatic heterocycles. The quantitative estimate of drug-likeness (QED) is 0.405. The Morgan fingerprint density at radius 1 is 1.21 bits per heavy atom. The Hall–Kier alpha value is -2.80. The van der Waals surface area contributed by atoms with E-state index in [0.717, 1.165) is 35.9 Å². The minimum absolute atomic E-state index is 0.151. The fraction of sp³-hybridized carbons (Fsp3) is 0.364. The average molecular weight is 413 g/mol. The molecule has 0 amide bonds. The second kappa shape index (κ2) is 10.1. The van der Waals surface area contributed by atoms with Crippen LogP contribution in [0, 0.1) is 13.8 Å². The number of guanidine groups is 1. The number of hydrogen-bond donors (Lipinski definition) is 2. The van der Waals surface area contributed by atoms with Gasteiger partial charge in [-0.15, -0.1) is 11.3 Å². The SMILES string of the molecule is Cc1nc(CN=C(NCCc2cccs2)Nc2ccc(OC(C)C)cc2)oc1C. The molecule has 154 valence electrons. The number of nitrogens with zero attached hydrogens (tertiary/aromatic N) is 2. The summed E-state index contributed by atoms with van der Waals surface area (Å²) in [5.74, 6) is 2.98. The van der Waals surface area contributed by atoms with E-state index in [0.29, 0.717) is 18.4 Å². The highest BCUT2D eigenvalue weighted by Crippen LogP contribution is 2.17. The molecule has 29 heavy (non-hydrogen) atoms. The molecule has 0 atom stereocenters. The number of rotatable bonds is 8. The molecule has 0 radical (unpaired) electrons. The van der Waals surface area contributed by atoms with Crippen LogP contribution < -0.4 is 15.4 Å². The number of anilines is 1. The van der Waals surface area contributed by atoms with Crippen molar-refractivity contribution in [3.05, 3.63) is 64.0 Å². The van der Waals surface area contributed by atoms with E-state index in [2.05, 4.69) is 38.1 Å². The third kappa shape index (κ3) is 6.64. The van der Waals surface area contributed by atoms with Gasteiger partial charge in [-0.1, -0.05) is 6.07 Å². The first-order valence-electron chi connectivity index (χ1n) is 9.77. The summed E-state index contributed by atoms with van der Waals surface area (Å²) in [5, 5.41) is 8.83. The van der Waals surface area contributed by atoms with Crippen LogP contribution in [0.4, 0.5) is 5.69 Å². The van der Waals surface area contributed by atoms with Crippen molar-refractivity contribution in [2.45, 2.75) is 46.8 Å². The van der Waals surface area contributed by atoms with Gasteiger partial charge in [0.1, 0.15) is 18.1 Å².